The zero-order valence-corrected chi connectivity index (χ0v) is 11.1. The van der Waals surface area contributed by atoms with Crippen molar-refractivity contribution in [1.82, 2.24) is 0 Å². The molecule has 0 saturated carbocycles. The second kappa shape index (κ2) is 4.21. The third-order valence-electron chi connectivity index (χ3n) is 3.77. The van der Waals surface area contributed by atoms with E-state index in [9.17, 15) is 4.79 Å². The van der Waals surface area contributed by atoms with Gasteiger partial charge >= 0.3 is 0 Å². The van der Waals surface area contributed by atoms with Crippen LogP contribution in [0, 0.1) is 6.92 Å². The van der Waals surface area contributed by atoms with Gasteiger partial charge in [-0.3, -0.25) is 4.79 Å². The van der Waals surface area contributed by atoms with Crippen LogP contribution in [0.3, 0.4) is 0 Å². The molecule has 96 valence electrons. The second-order valence-corrected chi connectivity index (χ2v) is 4.93. The van der Waals surface area contributed by atoms with E-state index in [-0.39, 0.29) is 5.91 Å². The Labute approximate surface area is 112 Å². The molecular weight excluding hydrogens is 236 g/mol. The second-order valence-electron chi connectivity index (χ2n) is 4.93. The molecule has 1 aliphatic rings. The SMILES string of the molecule is Cc1cccc2c1-c1ccccc1[C@H](N)C(=O)N2C. The molecule has 0 aliphatic carbocycles. The zero-order chi connectivity index (χ0) is 13.6. The molecule has 19 heavy (non-hydrogen) atoms. The summed E-state index contributed by atoms with van der Waals surface area (Å²) in [5.41, 5.74) is 11.2. The van der Waals surface area contributed by atoms with Crippen molar-refractivity contribution < 1.29 is 4.79 Å². The van der Waals surface area contributed by atoms with Crippen LogP contribution in [-0.2, 0) is 4.79 Å². The van der Waals surface area contributed by atoms with Gasteiger partial charge in [0.25, 0.3) is 0 Å². The molecule has 0 aromatic heterocycles. The maximum Gasteiger partial charge on any atom is 0.248 e. The summed E-state index contributed by atoms with van der Waals surface area (Å²) < 4.78 is 0. The summed E-state index contributed by atoms with van der Waals surface area (Å²) in [5.74, 6) is -0.0724. The molecule has 1 aliphatic heterocycles. The summed E-state index contributed by atoms with van der Waals surface area (Å²) in [7, 11) is 1.78. The first-order chi connectivity index (χ1) is 9.11. The van der Waals surface area contributed by atoms with Gasteiger partial charge in [0.2, 0.25) is 5.91 Å². The van der Waals surface area contributed by atoms with E-state index < -0.39 is 6.04 Å². The number of likely N-dealkylation sites (N-methyl/N-ethyl adjacent to an activating group) is 1. The van der Waals surface area contributed by atoms with Gasteiger partial charge in [-0.25, -0.2) is 0 Å². The first kappa shape index (κ1) is 11.9. The highest BCUT2D eigenvalue weighted by atomic mass is 16.2. The van der Waals surface area contributed by atoms with Crippen molar-refractivity contribution in [1.29, 1.82) is 0 Å². The Bertz CT molecular complexity index is 664. The average Bonchev–Trinajstić information content (AvgIpc) is 2.51. The predicted molar refractivity (Wildman–Crippen MR) is 77.0 cm³/mol. The average molecular weight is 252 g/mol. The fraction of sp³-hybridized carbons (Fsp3) is 0.188. The number of carbonyl (C=O) groups excluding carboxylic acids is 1. The fourth-order valence-corrected chi connectivity index (χ4v) is 2.74. The number of hydrogen-bond acceptors (Lipinski definition) is 2. The van der Waals surface area contributed by atoms with Crippen LogP contribution < -0.4 is 10.6 Å². The van der Waals surface area contributed by atoms with Gasteiger partial charge in [0.15, 0.2) is 0 Å². The molecular formula is C16H16N2O. The molecule has 0 bridgehead atoms. The number of benzene rings is 2. The molecule has 3 rings (SSSR count). The number of hydrogen-bond donors (Lipinski definition) is 1. The quantitative estimate of drug-likeness (QED) is 0.783. The Hall–Kier alpha value is -2.13. The zero-order valence-electron chi connectivity index (χ0n) is 11.1. The lowest BCUT2D eigenvalue weighted by atomic mass is 9.93. The van der Waals surface area contributed by atoms with E-state index in [1.807, 2.05) is 36.4 Å². The Kier molecular flexibility index (Phi) is 2.64. The van der Waals surface area contributed by atoms with E-state index in [4.69, 9.17) is 5.73 Å². The molecule has 0 radical (unpaired) electrons. The van der Waals surface area contributed by atoms with Gasteiger partial charge < -0.3 is 10.6 Å². The number of amides is 1. The van der Waals surface area contributed by atoms with E-state index in [1.54, 1.807) is 11.9 Å². The third-order valence-corrected chi connectivity index (χ3v) is 3.77. The van der Waals surface area contributed by atoms with Gasteiger partial charge in [-0.1, -0.05) is 36.4 Å². The molecule has 1 amide bonds. The lowest BCUT2D eigenvalue weighted by molar-refractivity contribution is -0.119. The van der Waals surface area contributed by atoms with Gasteiger partial charge in [0.05, 0.1) is 5.69 Å². The van der Waals surface area contributed by atoms with Crippen LogP contribution in [0.4, 0.5) is 5.69 Å². The van der Waals surface area contributed by atoms with Crippen LogP contribution >= 0.6 is 0 Å². The summed E-state index contributed by atoms with van der Waals surface area (Å²) in [5, 5.41) is 0. The molecule has 0 fully saturated rings. The third kappa shape index (κ3) is 1.66. The summed E-state index contributed by atoms with van der Waals surface area (Å²) in [6.07, 6.45) is 0. The number of nitrogens with two attached hydrogens (primary N) is 1. The van der Waals surface area contributed by atoms with Crippen molar-refractivity contribution in [2.75, 3.05) is 11.9 Å². The Morgan fingerprint density at radius 3 is 2.63 bits per heavy atom. The highest BCUT2D eigenvalue weighted by Gasteiger charge is 2.29. The van der Waals surface area contributed by atoms with Crippen molar-refractivity contribution in [3.8, 4) is 11.1 Å². The summed E-state index contributed by atoms with van der Waals surface area (Å²) in [6, 6.07) is 13.3. The van der Waals surface area contributed by atoms with Crippen LogP contribution in [0.1, 0.15) is 17.2 Å². The minimum atomic E-state index is -0.604. The van der Waals surface area contributed by atoms with Crippen molar-refractivity contribution >= 4 is 11.6 Å². The predicted octanol–water partition coefficient (Wildman–Crippen LogP) is 2.64. The summed E-state index contributed by atoms with van der Waals surface area (Å²) in [4.78, 5) is 14.0. The van der Waals surface area contributed by atoms with Gasteiger partial charge in [-0.05, 0) is 29.7 Å². The number of nitrogens with zero attached hydrogens (tertiary/aromatic N) is 1. The Morgan fingerprint density at radius 1 is 1.11 bits per heavy atom. The molecule has 1 atom stereocenters. The minimum absolute atomic E-state index is 0.0724. The largest absolute Gasteiger partial charge is 0.316 e. The van der Waals surface area contributed by atoms with Crippen LogP contribution in [0.2, 0.25) is 0 Å². The first-order valence-corrected chi connectivity index (χ1v) is 6.33. The number of aryl methyl sites for hydroxylation is 1. The number of rotatable bonds is 0. The van der Waals surface area contributed by atoms with Gasteiger partial charge in [-0.15, -0.1) is 0 Å². The van der Waals surface area contributed by atoms with E-state index in [1.165, 1.54) is 0 Å². The van der Waals surface area contributed by atoms with Crippen LogP contribution in [0.25, 0.3) is 11.1 Å². The molecule has 0 unspecified atom stereocenters. The monoisotopic (exact) mass is 252 g/mol. The fourth-order valence-electron chi connectivity index (χ4n) is 2.74. The number of fused-ring (bicyclic) bond motifs is 3. The van der Waals surface area contributed by atoms with Crippen LogP contribution in [-0.4, -0.2) is 13.0 Å². The van der Waals surface area contributed by atoms with E-state index in [0.29, 0.717) is 0 Å². The molecule has 3 heteroatoms. The standard InChI is InChI=1S/C16H16N2O/c1-10-6-5-9-13-14(10)11-7-3-4-8-12(11)15(17)16(19)18(13)2/h3-9,15H,17H2,1-2H3/t15-/m0/s1. The Morgan fingerprint density at radius 2 is 1.84 bits per heavy atom. The topological polar surface area (TPSA) is 46.3 Å². The van der Waals surface area contributed by atoms with Crippen molar-refractivity contribution in [3.63, 3.8) is 0 Å². The molecule has 2 aromatic rings. The summed E-state index contributed by atoms with van der Waals surface area (Å²) in [6.45, 7) is 2.06. The first-order valence-electron chi connectivity index (χ1n) is 6.33. The van der Waals surface area contributed by atoms with E-state index >= 15 is 0 Å². The van der Waals surface area contributed by atoms with Gasteiger partial charge in [-0.2, -0.15) is 0 Å². The molecule has 0 spiro atoms. The van der Waals surface area contributed by atoms with Crippen molar-refractivity contribution in [2.24, 2.45) is 5.73 Å². The highest BCUT2D eigenvalue weighted by Crippen LogP contribution is 2.40. The lowest BCUT2D eigenvalue weighted by Gasteiger charge is -2.20. The van der Waals surface area contributed by atoms with Gasteiger partial charge in [0, 0.05) is 12.6 Å². The summed E-state index contributed by atoms with van der Waals surface area (Å²) >= 11 is 0. The van der Waals surface area contributed by atoms with Crippen molar-refractivity contribution in [3.05, 3.63) is 53.6 Å². The minimum Gasteiger partial charge on any atom is -0.316 e. The molecule has 2 aromatic carbocycles. The normalized spacial score (nSPS) is 17.7. The van der Waals surface area contributed by atoms with Crippen LogP contribution in [0.5, 0.6) is 0 Å². The van der Waals surface area contributed by atoms with E-state index in [0.717, 1.165) is 27.9 Å². The molecule has 1 heterocycles. The maximum atomic E-state index is 12.4. The molecule has 3 nitrogen and oxygen atoms in total. The maximum absolute atomic E-state index is 12.4. The number of anilines is 1. The Balaban J connectivity index is 2.41. The van der Waals surface area contributed by atoms with Gasteiger partial charge in [0.1, 0.15) is 6.04 Å². The smallest absolute Gasteiger partial charge is 0.248 e. The number of carbonyl (C=O) groups is 1. The lowest BCUT2D eigenvalue weighted by Crippen LogP contribution is -2.34. The van der Waals surface area contributed by atoms with Crippen molar-refractivity contribution in [2.45, 2.75) is 13.0 Å². The van der Waals surface area contributed by atoms with Crippen LogP contribution in [0.15, 0.2) is 42.5 Å². The molecule has 2 N–H and O–H groups in total. The highest BCUT2D eigenvalue weighted by molar-refractivity contribution is 6.05. The van der Waals surface area contributed by atoms with E-state index in [2.05, 4.69) is 13.0 Å². The molecule has 0 saturated heterocycles.